The molecule has 0 unspecified atom stereocenters. The number of guanidine groups is 1. The minimum Gasteiger partial charge on any atom is -0.356 e. The Labute approximate surface area is 170 Å². The molecule has 0 spiro atoms. The van der Waals surface area contributed by atoms with Crippen molar-refractivity contribution in [1.82, 2.24) is 30.5 Å². The lowest BCUT2D eigenvalue weighted by Gasteiger charge is -2.13. The van der Waals surface area contributed by atoms with Crippen LogP contribution < -0.4 is 16.0 Å². The summed E-state index contributed by atoms with van der Waals surface area (Å²) in [6.07, 6.45) is 4.14. The highest BCUT2D eigenvalue weighted by Gasteiger charge is 2.06. The third-order valence-electron chi connectivity index (χ3n) is 4.55. The smallest absolute Gasteiger partial charge is 0.252 e. The number of aliphatic imine (C=N–C) groups is 1. The van der Waals surface area contributed by atoms with Crippen molar-refractivity contribution in [3.8, 4) is 0 Å². The molecule has 8 heteroatoms. The second kappa shape index (κ2) is 10.2. The molecule has 29 heavy (non-hydrogen) atoms. The Kier molecular flexibility index (Phi) is 7.16. The van der Waals surface area contributed by atoms with Gasteiger partial charge in [0.15, 0.2) is 5.96 Å². The van der Waals surface area contributed by atoms with Gasteiger partial charge in [-0.25, -0.2) is 4.98 Å². The van der Waals surface area contributed by atoms with E-state index in [1.807, 2.05) is 25.1 Å². The summed E-state index contributed by atoms with van der Waals surface area (Å²) in [6.45, 7) is 4.78. The number of imidazole rings is 1. The Morgan fingerprint density at radius 2 is 1.86 bits per heavy atom. The van der Waals surface area contributed by atoms with Gasteiger partial charge in [-0.05, 0) is 37.6 Å². The van der Waals surface area contributed by atoms with E-state index in [-0.39, 0.29) is 5.91 Å². The van der Waals surface area contributed by atoms with Crippen molar-refractivity contribution in [3.05, 3.63) is 60.2 Å². The molecule has 2 aromatic heterocycles. The van der Waals surface area contributed by atoms with Gasteiger partial charge in [0.05, 0.1) is 16.6 Å². The van der Waals surface area contributed by atoms with Crippen molar-refractivity contribution in [2.45, 2.75) is 19.9 Å². The van der Waals surface area contributed by atoms with Crippen molar-refractivity contribution < 1.29 is 4.79 Å². The van der Waals surface area contributed by atoms with E-state index in [0.29, 0.717) is 24.6 Å². The van der Waals surface area contributed by atoms with Crippen LogP contribution in [0.5, 0.6) is 0 Å². The molecule has 3 rings (SSSR count). The van der Waals surface area contributed by atoms with Crippen LogP contribution in [0.15, 0.2) is 53.8 Å². The number of carbonyl (C=O) groups is 1. The van der Waals surface area contributed by atoms with Crippen LogP contribution in [0.3, 0.4) is 0 Å². The zero-order valence-electron chi connectivity index (χ0n) is 16.9. The van der Waals surface area contributed by atoms with E-state index in [0.717, 1.165) is 36.4 Å². The molecule has 0 radical (unpaired) electrons. The maximum atomic E-state index is 12.0. The lowest BCUT2D eigenvalue weighted by atomic mass is 10.3. The van der Waals surface area contributed by atoms with Crippen LogP contribution in [0, 0.1) is 6.92 Å². The van der Waals surface area contributed by atoms with Crippen LogP contribution in [-0.4, -0.2) is 53.1 Å². The summed E-state index contributed by atoms with van der Waals surface area (Å²) in [5.41, 5.74) is 2.75. The molecule has 152 valence electrons. The predicted molar refractivity (Wildman–Crippen MR) is 115 cm³/mol. The molecule has 0 fully saturated rings. The van der Waals surface area contributed by atoms with Crippen LogP contribution in [0.25, 0.3) is 11.0 Å². The molecule has 0 aliphatic rings. The number of hydrogen-bond donors (Lipinski definition) is 3. The fourth-order valence-electron chi connectivity index (χ4n) is 3.10. The maximum absolute atomic E-state index is 12.0. The number of rotatable bonds is 8. The lowest BCUT2D eigenvalue weighted by Crippen LogP contribution is -2.42. The highest BCUT2D eigenvalue weighted by molar-refractivity contribution is 5.93. The Morgan fingerprint density at radius 1 is 1.07 bits per heavy atom. The largest absolute Gasteiger partial charge is 0.356 e. The van der Waals surface area contributed by atoms with E-state index in [2.05, 4.69) is 41.5 Å². The van der Waals surface area contributed by atoms with Crippen LogP contribution >= 0.6 is 0 Å². The molecular weight excluding hydrogens is 366 g/mol. The van der Waals surface area contributed by atoms with E-state index in [9.17, 15) is 4.79 Å². The zero-order chi connectivity index (χ0) is 20.5. The minimum atomic E-state index is -0.134. The van der Waals surface area contributed by atoms with Crippen molar-refractivity contribution in [1.29, 1.82) is 0 Å². The third kappa shape index (κ3) is 5.54. The Balaban J connectivity index is 1.36. The first-order chi connectivity index (χ1) is 14.2. The number of aryl methyl sites for hydroxylation is 2. The number of hydrogen-bond acceptors (Lipinski definition) is 4. The number of aromatic nitrogens is 3. The molecule has 0 atom stereocenters. The van der Waals surface area contributed by atoms with Gasteiger partial charge in [0.2, 0.25) is 0 Å². The molecule has 0 aliphatic carbocycles. The number of carbonyl (C=O) groups excluding carboxylic acids is 1. The second-order valence-corrected chi connectivity index (χ2v) is 6.58. The number of fused-ring (bicyclic) bond motifs is 1. The molecule has 0 bridgehead atoms. The van der Waals surface area contributed by atoms with Gasteiger partial charge >= 0.3 is 0 Å². The van der Waals surface area contributed by atoms with Gasteiger partial charge in [-0.2, -0.15) is 0 Å². The van der Waals surface area contributed by atoms with Crippen molar-refractivity contribution in [2.24, 2.45) is 4.99 Å². The lowest BCUT2D eigenvalue weighted by molar-refractivity contribution is 0.0954. The first-order valence-corrected chi connectivity index (χ1v) is 9.73. The summed E-state index contributed by atoms with van der Waals surface area (Å²) < 4.78 is 2.24. The second-order valence-electron chi connectivity index (χ2n) is 6.58. The topological polar surface area (TPSA) is 96.2 Å². The fourth-order valence-corrected chi connectivity index (χ4v) is 3.10. The number of pyridine rings is 1. The Hall–Kier alpha value is -3.42. The zero-order valence-corrected chi connectivity index (χ0v) is 16.9. The van der Waals surface area contributed by atoms with Crippen LogP contribution in [0.1, 0.15) is 22.6 Å². The summed E-state index contributed by atoms with van der Waals surface area (Å²) in [5.74, 6) is 1.61. The molecule has 1 aromatic carbocycles. The summed E-state index contributed by atoms with van der Waals surface area (Å²) in [7, 11) is 1.73. The summed E-state index contributed by atoms with van der Waals surface area (Å²) in [4.78, 5) is 24.7. The molecule has 3 aromatic rings. The molecule has 0 aliphatic heterocycles. The number of para-hydroxylation sites is 2. The van der Waals surface area contributed by atoms with E-state index in [4.69, 9.17) is 0 Å². The van der Waals surface area contributed by atoms with Gasteiger partial charge in [-0.15, -0.1) is 0 Å². The van der Waals surface area contributed by atoms with Crippen molar-refractivity contribution in [3.63, 3.8) is 0 Å². The van der Waals surface area contributed by atoms with Gasteiger partial charge in [0.25, 0.3) is 5.91 Å². The quantitative estimate of drug-likeness (QED) is 0.308. The highest BCUT2D eigenvalue weighted by atomic mass is 16.1. The van der Waals surface area contributed by atoms with Crippen LogP contribution in [0.4, 0.5) is 0 Å². The van der Waals surface area contributed by atoms with E-state index < -0.39 is 0 Å². The fraction of sp³-hybridized carbons (Fsp3) is 0.333. The van der Waals surface area contributed by atoms with Gasteiger partial charge in [-0.3, -0.25) is 14.8 Å². The predicted octanol–water partition coefficient (Wildman–Crippen LogP) is 1.72. The summed E-state index contributed by atoms with van der Waals surface area (Å²) in [5, 5.41) is 9.35. The molecule has 2 heterocycles. The van der Waals surface area contributed by atoms with Crippen molar-refractivity contribution >= 4 is 22.9 Å². The van der Waals surface area contributed by atoms with Gasteiger partial charge in [0, 0.05) is 45.6 Å². The molecular formula is C21H27N7O. The molecule has 0 saturated carbocycles. The highest BCUT2D eigenvalue weighted by Crippen LogP contribution is 2.15. The van der Waals surface area contributed by atoms with Crippen LogP contribution in [-0.2, 0) is 6.54 Å². The first kappa shape index (κ1) is 20.3. The van der Waals surface area contributed by atoms with E-state index in [1.54, 1.807) is 31.6 Å². The average molecular weight is 393 g/mol. The summed E-state index contributed by atoms with van der Waals surface area (Å²) >= 11 is 0. The SMILES string of the molecule is CN=C(NCCCn1c(C)nc2ccccc21)NCCNC(=O)c1cccnc1. The Bertz CT molecular complexity index is 966. The monoisotopic (exact) mass is 393 g/mol. The maximum Gasteiger partial charge on any atom is 0.252 e. The minimum absolute atomic E-state index is 0.134. The third-order valence-corrected chi connectivity index (χ3v) is 4.55. The molecule has 3 N–H and O–H groups in total. The average Bonchev–Trinajstić information content (AvgIpc) is 3.08. The van der Waals surface area contributed by atoms with Crippen molar-refractivity contribution in [2.75, 3.05) is 26.7 Å². The number of amides is 1. The first-order valence-electron chi connectivity index (χ1n) is 9.73. The van der Waals surface area contributed by atoms with E-state index >= 15 is 0 Å². The Morgan fingerprint density at radius 3 is 2.66 bits per heavy atom. The van der Waals surface area contributed by atoms with E-state index in [1.165, 1.54) is 0 Å². The number of benzene rings is 1. The normalized spacial score (nSPS) is 11.4. The summed E-state index contributed by atoms with van der Waals surface area (Å²) in [6, 6.07) is 11.7. The molecule has 8 nitrogen and oxygen atoms in total. The number of nitrogens with zero attached hydrogens (tertiary/aromatic N) is 4. The molecule has 1 amide bonds. The van der Waals surface area contributed by atoms with Crippen LogP contribution in [0.2, 0.25) is 0 Å². The van der Waals surface area contributed by atoms with Gasteiger partial charge < -0.3 is 20.5 Å². The number of nitrogens with one attached hydrogen (secondary N) is 3. The van der Waals surface area contributed by atoms with Gasteiger partial charge in [-0.1, -0.05) is 12.1 Å². The molecule has 0 saturated heterocycles. The van der Waals surface area contributed by atoms with Gasteiger partial charge in [0.1, 0.15) is 5.82 Å². The standard InChI is InChI=1S/C21H27N7O/c1-16-27-18-8-3-4-9-19(18)28(16)14-6-11-25-21(22-2)26-13-12-24-20(29)17-7-5-10-23-15-17/h3-5,7-10,15H,6,11-14H2,1-2H3,(H,24,29)(H2,22,25,26).